The van der Waals surface area contributed by atoms with Crippen molar-refractivity contribution in [1.82, 2.24) is 25.7 Å². The van der Waals surface area contributed by atoms with Crippen LogP contribution in [0.5, 0.6) is 0 Å². The summed E-state index contributed by atoms with van der Waals surface area (Å²) in [6.45, 7) is 3.94. The fourth-order valence-corrected chi connectivity index (χ4v) is 3.98. The number of amidine groups is 1. The number of allylic oxidation sites excluding steroid dienone is 2. The molecule has 1 aliphatic carbocycles. The molecule has 2 atom stereocenters. The summed E-state index contributed by atoms with van der Waals surface area (Å²) >= 11 is 0. The highest BCUT2D eigenvalue weighted by molar-refractivity contribution is 5.91. The summed E-state index contributed by atoms with van der Waals surface area (Å²) in [5.74, 6) is 3.34. The van der Waals surface area contributed by atoms with Crippen LogP contribution in [0, 0.1) is 5.92 Å². The number of rotatable bonds is 4. The third-order valence-electron chi connectivity index (χ3n) is 5.82. The Hall–Kier alpha value is -3.29. The summed E-state index contributed by atoms with van der Waals surface area (Å²) < 4.78 is 0. The lowest BCUT2D eigenvalue weighted by atomic mass is 9.96. The van der Waals surface area contributed by atoms with Gasteiger partial charge in [-0.1, -0.05) is 60.7 Å². The van der Waals surface area contributed by atoms with Crippen molar-refractivity contribution in [3.63, 3.8) is 0 Å². The first-order valence-electron chi connectivity index (χ1n) is 10.8. The SMILES string of the molecule is CN1CCN(c2cc(N=C3NNC4C=CC=CC34)nc(/C=C/c3ccccc3)n2)CC1. The Labute approximate surface area is 182 Å². The van der Waals surface area contributed by atoms with E-state index in [0.717, 1.165) is 43.4 Å². The Kier molecular flexibility index (Phi) is 5.60. The van der Waals surface area contributed by atoms with E-state index in [2.05, 4.69) is 64.1 Å². The molecule has 1 aromatic carbocycles. The topological polar surface area (TPSA) is 68.7 Å². The zero-order valence-electron chi connectivity index (χ0n) is 17.6. The molecule has 2 unspecified atom stereocenters. The number of anilines is 1. The molecule has 0 amide bonds. The molecule has 2 aromatic rings. The first-order valence-corrected chi connectivity index (χ1v) is 10.8. The molecule has 31 heavy (non-hydrogen) atoms. The van der Waals surface area contributed by atoms with Crippen LogP contribution in [0.1, 0.15) is 11.4 Å². The zero-order valence-corrected chi connectivity index (χ0v) is 17.6. The van der Waals surface area contributed by atoms with Gasteiger partial charge in [0.2, 0.25) is 0 Å². The number of piperazine rings is 1. The number of hydrazine groups is 1. The number of hydrogen-bond donors (Lipinski definition) is 2. The smallest absolute Gasteiger partial charge is 0.160 e. The summed E-state index contributed by atoms with van der Waals surface area (Å²) in [5, 5.41) is 0. The van der Waals surface area contributed by atoms with Gasteiger partial charge in [0.05, 0.1) is 12.0 Å². The van der Waals surface area contributed by atoms with Crippen molar-refractivity contribution in [1.29, 1.82) is 0 Å². The Balaban J connectivity index is 1.47. The van der Waals surface area contributed by atoms with E-state index >= 15 is 0 Å². The number of nitrogens with one attached hydrogen (secondary N) is 2. The Morgan fingerprint density at radius 3 is 2.65 bits per heavy atom. The molecule has 2 fully saturated rings. The summed E-state index contributed by atoms with van der Waals surface area (Å²) in [7, 11) is 2.16. The van der Waals surface area contributed by atoms with Crippen LogP contribution in [-0.4, -0.2) is 60.0 Å². The molecular formula is C24H27N7. The van der Waals surface area contributed by atoms with E-state index in [1.165, 1.54) is 0 Å². The van der Waals surface area contributed by atoms with Gasteiger partial charge in [-0.15, -0.1) is 0 Å². The minimum atomic E-state index is 0.190. The van der Waals surface area contributed by atoms with Crippen LogP contribution in [0.2, 0.25) is 0 Å². The molecule has 0 spiro atoms. The second kappa shape index (κ2) is 8.83. The van der Waals surface area contributed by atoms with E-state index < -0.39 is 0 Å². The monoisotopic (exact) mass is 413 g/mol. The van der Waals surface area contributed by atoms with Crippen molar-refractivity contribution in [2.75, 3.05) is 38.1 Å². The fraction of sp³-hybridized carbons (Fsp3) is 0.292. The van der Waals surface area contributed by atoms with Crippen LogP contribution in [0.3, 0.4) is 0 Å². The second-order valence-electron chi connectivity index (χ2n) is 8.06. The quantitative estimate of drug-likeness (QED) is 0.803. The number of aliphatic imine (C=N–C) groups is 1. The van der Waals surface area contributed by atoms with Gasteiger partial charge in [-0.2, -0.15) is 0 Å². The van der Waals surface area contributed by atoms with Crippen LogP contribution < -0.4 is 15.8 Å². The lowest BCUT2D eigenvalue weighted by molar-refractivity contribution is 0.312. The summed E-state index contributed by atoms with van der Waals surface area (Å²) in [4.78, 5) is 19.1. The molecule has 3 heterocycles. The van der Waals surface area contributed by atoms with Gasteiger partial charge in [-0.25, -0.2) is 20.4 Å². The van der Waals surface area contributed by atoms with Crippen molar-refractivity contribution >= 4 is 29.6 Å². The van der Waals surface area contributed by atoms with Crippen molar-refractivity contribution in [2.45, 2.75) is 6.04 Å². The normalized spacial score (nSPS) is 24.7. The van der Waals surface area contributed by atoms with Crippen molar-refractivity contribution in [2.24, 2.45) is 10.9 Å². The van der Waals surface area contributed by atoms with Crippen LogP contribution in [0.4, 0.5) is 11.6 Å². The minimum Gasteiger partial charge on any atom is -0.354 e. The van der Waals surface area contributed by atoms with Gasteiger partial charge in [0.25, 0.3) is 0 Å². The van der Waals surface area contributed by atoms with E-state index in [1.807, 2.05) is 36.4 Å². The molecule has 2 saturated heterocycles. The number of aromatic nitrogens is 2. The molecule has 3 aliphatic rings. The van der Waals surface area contributed by atoms with Crippen molar-refractivity contribution in [3.05, 3.63) is 72.1 Å². The van der Waals surface area contributed by atoms with E-state index in [-0.39, 0.29) is 12.0 Å². The molecular weight excluding hydrogens is 386 g/mol. The third-order valence-corrected chi connectivity index (χ3v) is 5.82. The minimum absolute atomic E-state index is 0.190. The third kappa shape index (κ3) is 4.57. The number of nitrogens with zero attached hydrogens (tertiary/aromatic N) is 5. The Morgan fingerprint density at radius 2 is 1.81 bits per heavy atom. The lowest BCUT2D eigenvalue weighted by Crippen LogP contribution is -2.44. The van der Waals surface area contributed by atoms with Crippen LogP contribution in [-0.2, 0) is 0 Å². The molecule has 0 bridgehead atoms. The maximum absolute atomic E-state index is 4.86. The highest BCUT2D eigenvalue weighted by atomic mass is 15.4. The molecule has 158 valence electrons. The van der Waals surface area contributed by atoms with Crippen LogP contribution in [0.25, 0.3) is 12.2 Å². The molecule has 1 aromatic heterocycles. The zero-order chi connectivity index (χ0) is 21.0. The highest BCUT2D eigenvalue weighted by Gasteiger charge is 2.30. The van der Waals surface area contributed by atoms with Gasteiger partial charge >= 0.3 is 0 Å². The second-order valence-corrected chi connectivity index (χ2v) is 8.06. The molecule has 7 heteroatoms. The molecule has 0 radical (unpaired) electrons. The first kappa shape index (κ1) is 19.7. The molecule has 2 N–H and O–H groups in total. The number of likely N-dealkylation sites (N-methyl/N-ethyl adjacent to an activating group) is 1. The summed E-state index contributed by atoms with van der Waals surface area (Å²) in [6.07, 6.45) is 12.4. The van der Waals surface area contributed by atoms with Gasteiger partial charge in [0.1, 0.15) is 11.7 Å². The maximum Gasteiger partial charge on any atom is 0.160 e. The van der Waals surface area contributed by atoms with Crippen molar-refractivity contribution in [3.8, 4) is 0 Å². The van der Waals surface area contributed by atoms with E-state index in [4.69, 9.17) is 15.0 Å². The van der Waals surface area contributed by atoms with Crippen LogP contribution in [0.15, 0.2) is 65.7 Å². The van der Waals surface area contributed by atoms with Gasteiger partial charge in [-0.05, 0) is 18.7 Å². The maximum atomic E-state index is 4.86. The average molecular weight is 414 g/mol. The average Bonchev–Trinajstić information content (AvgIpc) is 3.21. The highest BCUT2D eigenvalue weighted by Crippen LogP contribution is 2.24. The van der Waals surface area contributed by atoms with Crippen molar-refractivity contribution < 1.29 is 0 Å². The van der Waals surface area contributed by atoms with Gasteiger partial charge in [-0.3, -0.25) is 0 Å². The number of benzene rings is 1. The van der Waals surface area contributed by atoms with E-state index in [9.17, 15) is 0 Å². The molecule has 2 aliphatic heterocycles. The lowest BCUT2D eigenvalue weighted by Gasteiger charge is -2.33. The molecule has 7 nitrogen and oxygen atoms in total. The predicted molar refractivity (Wildman–Crippen MR) is 126 cm³/mol. The Bertz CT molecular complexity index is 1030. The molecule has 5 rings (SSSR count). The predicted octanol–water partition coefficient (Wildman–Crippen LogP) is 2.65. The van der Waals surface area contributed by atoms with E-state index in [1.54, 1.807) is 0 Å². The number of fused-ring (bicyclic) bond motifs is 1. The Morgan fingerprint density at radius 1 is 1.00 bits per heavy atom. The standard InChI is InChI=1S/C24H27N7/c1-30-13-15-31(16-14-30)23-17-22(27-24-19-9-5-6-10-20(19)28-29-24)25-21(26-23)12-11-18-7-3-2-4-8-18/h2-12,17,19-20,28H,13-16H2,1H3,(H,25,26,27,29)/b12-11+. The summed E-state index contributed by atoms with van der Waals surface area (Å²) in [5.41, 5.74) is 7.63. The fourth-order valence-electron chi connectivity index (χ4n) is 3.98. The van der Waals surface area contributed by atoms with Gasteiger partial charge < -0.3 is 15.2 Å². The molecule has 0 saturated carbocycles. The summed E-state index contributed by atoms with van der Waals surface area (Å²) in [6, 6.07) is 12.4. The van der Waals surface area contributed by atoms with Crippen LogP contribution >= 0.6 is 0 Å². The van der Waals surface area contributed by atoms with Gasteiger partial charge in [0, 0.05) is 32.2 Å². The first-order chi connectivity index (χ1) is 15.2. The van der Waals surface area contributed by atoms with Gasteiger partial charge in [0.15, 0.2) is 11.6 Å². The number of hydrogen-bond acceptors (Lipinski definition) is 6. The largest absolute Gasteiger partial charge is 0.354 e. The van der Waals surface area contributed by atoms with E-state index in [0.29, 0.717) is 11.6 Å².